The third-order valence-corrected chi connectivity index (χ3v) is 6.68. The van der Waals surface area contributed by atoms with E-state index in [2.05, 4.69) is 12.1 Å². The number of hydrogen-bond acceptors (Lipinski definition) is 4. The number of aryl methyl sites for hydroxylation is 2. The van der Waals surface area contributed by atoms with Gasteiger partial charge in [0.15, 0.2) is 5.60 Å². The molecule has 7 heteroatoms. The average molecular weight is 476 g/mol. The molecule has 1 fully saturated rings. The summed E-state index contributed by atoms with van der Waals surface area (Å²) in [6.45, 7) is 6.22. The summed E-state index contributed by atoms with van der Waals surface area (Å²) in [4.78, 5) is 32.6. The van der Waals surface area contributed by atoms with Crippen molar-refractivity contribution in [2.45, 2.75) is 58.2 Å². The van der Waals surface area contributed by atoms with Gasteiger partial charge in [0, 0.05) is 19.0 Å². The Bertz CT molecular complexity index is 1240. The molecule has 0 saturated carbocycles. The number of likely N-dealkylation sites (N-methyl/N-ethyl adjacent to an activating group) is 1. The zero-order valence-corrected chi connectivity index (χ0v) is 20.8. The summed E-state index contributed by atoms with van der Waals surface area (Å²) in [6, 6.07) is 18.2. The van der Waals surface area contributed by atoms with Gasteiger partial charge in [-0.3, -0.25) is 4.98 Å². The highest BCUT2D eigenvalue weighted by atomic mass is 16.5. The van der Waals surface area contributed by atoms with Gasteiger partial charge in [-0.2, -0.15) is 0 Å². The molecule has 2 heterocycles. The number of carboxylic acids is 1. The van der Waals surface area contributed by atoms with Crippen LogP contribution in [0.3, 0.4) is 0 Å². The predicted octanol–water partition coefficient (Wildman–Crippen LogP) is 5.04. The normalized spacial score (nSPS) is 16.2. The highest BCUT2D eigenvalue weighted by Crippen LogP contribution is 2.26. The third-order valence-electron chi connectivity index (χ3n) is 6.68. The molecular formula is C28H33N3O4. The van der Waals surface area contributed by atoms with Gasteiger partial charge in [0.2, 0.25) is 0 Å². The molecule has 35 heavy (non-hydrogen) atoms. The standard InChI is InChI=1S/C28H33N3O4/c1-19-16-20(12-15-25(19)35-28(2,3)26(32)33)8-7-10-23-18-31(27(34)30(23)4)17-22-14-13-21-9-5-6-11-24(21)29-22/h5-6,9,11-16,23H,7-8,10,17-18H2,1-4H3,(H,32,33)/t23-/m0/s1. The first-order valence-corrected chi connectivity index (χ1v) is 12.0. The molecule has 0 radical (unpaired) electrons. The van der Waals surface area contributed by atoms with E-state index in [0.717, 1.165) is 41.4 Å². The number of aromatic nitrogens is 1. The van der Waals surface area contributed by atoms with E-state index in [1.807, 2.05) is 66.2 Å². The SMILES string of the molecule is Cc1cc(CCC[C@H]2CN(Cc3ccc4ccccc4n3)C(=O)N2C)ccc1OC(C)(C)C(=O)O. The minimum Gasteiger partial charge on any atom is -0.478 e. The van der Waals surface area contributed by atoms with E-state index in [0.29, 0.717) is 18.8 Å². The lowest BCUT2D eigenvalue weighted by Gasteiger charge is -2.23. The molecule has 1 aliphatic rings. The quantitative estimate of drug-likeness (QED) is 0.469. The number of nitrogens with zero attached hydrogens (tertiary/aromatic N) is 3. The van der Waals surface area contributed by atoms with E-state index < -0.39 is 11.6 Å². The molecule has 184 valence electrons. The summed E-state index contributed by atoms with van der Waals surface area (Å²) < 4.78 is 5.69. The largest absolute Gasteiger partial charge is 0.478 e. The van der Waals surface area contributed by atoms with E-state index in [1.54, 1.807) is 13.8 Å². The smallest absolute Gasteiger partial charge is 0.347 e. The molecular weight excluding hydrogens is 442 g/mol. The van der Waals surface area contributed by atoms with Gasteiger partial charge in [-0.15, -0.1) is 0 Å². The molecule has 4 rings (SSSR count). The number of para-hydroxylation sites is 1. The fourth-order valence-electron chi connectivity index (χ4n) is 4.49. The Balaban J connectivity index is 1.31. The number of amides is 2. The van der Waals surface area contributed by atoms with Crippen molar-refractivity contribution in [3.8, 4) is 5.75 Å². The number of benzene rings is 2. The van der Waals surface area contributed by atoms with Crippen LogP contribution in [0.1, 0.15) is 43.5 Å². The average Bonchev–Trinajstić information content (AvgIpc) is 3.08. The maximum absolute atomic E-state index is 12.8. The minimum atomic E-state index is -1.28. The van der Waals surface area contributed by atoms with Gasteiger partial charge in [-0.05, 0) is 69.4 Å². The van der Waals surface area contributed by atoms with Gasteiger partial charge in [0.1, 0.15) is 5.75 Å². The van der Waals surface area contributed by atoms with Crippen molar-refractivity contribution in [1.29, 1.82) is 0 Å². The lowest BCUT2D eigenvalue weighted by molar-refractivity contribution is -0.152. The molecule has 1 N–H and O–H groups in total. The molecule has 3 aromatic rings. The summed E-state index contributed by atoms with van der Waals surface area (Å²) in [6.07, 6.45) is 2.74. The zero-order valence-electron chi connectivity index (χ0n) is 20.8. The highest BCUT2D eigenvalue weighted by molar-refractivity contribution is 5.79. The Kier molecular flexibility index (Phi) is 6.96. The Morgan fingerprint density at radius 2 is 1.94 bits per heavy atom. The van der Waals surface area contributed by atoms with E-state index in [4.69, 9.17) is 9.72 Å². The summed E-state index contributed by atoms with van der Waals surface area (Å²) in [5, 5.41) is 10.4. The molecule has 7 nitrogen and oxygen atoms in total. The number of pyridine rings is 1. The van der Waals surface area contributed by atoms with Crippen molar-refractivity contribution in [3.63, 3.8) is 0 Å². The topological polar surface area (TPSA) is 83.0 Å². The predicted molar refractivity (Wildman–Crippen MR) is 136 cm³/mol. The first kappa shape index (κ1) is 24.5. The van der Waals surface area contributed by atoms with Crippen LogP contribution in [0.4, 0.5) is 4.79 Å². The monoisotopic (exact) mass is 475 g/mol. The van der Waals surface area contributed by atoms with Crippen LogP contribution < -0.4 is 4.74 Å². The van der Waals surface area contributed by atoms with Crippen molar-refractivity contribution >= 4 is 22.9 Å². The molecule has 2 amide bonds. The van der Waals surface area contributed by atoms with Gasteiger partial charge in [-0.25, -0.2) is 9.59 Å². The van der Waals surface area contributed by atoms with E-state index in [-0.39, 0.29) is 12.1 Å². The minimum absolute atomic E-state index is 0.0448. The number of ether oxygens (including phenoxy) is 1. The number of urea groups is 1. The Hall–Kier alpha value is -3.61. The Morgan fingerprint density at radius 3 is 2.69 bits per heavy atom. The summed E-state index contributed by atoms with van der Waals surface area (Å²) >= 11 is 0. The second kappa shape index (κ2) is 9.94. The molecule has 0 bridgehead atoms. The van der Waals surface area contributed by atoms with Gasteiger partial charge < -0.3 is 19.6 Å². The van der Waals surface area contributed by atoms with E-state index in [9.17, 15) is 14.7 Å². The van der Waals surface area contributed by atoms with Crippen LogP contribution in [-0.2, 0) is 17.8 Å². The van der Waals surface area contributed by atoms with Crippen LogP contribution in [0.5, 0.6) is 5.75 Å². The van der Waals surface area contributed by atoms with Crippen LogP contribution in [0.15, 0.2) is 54.6 Å². The number of carboxylic acid groups (broad SMARTS) is 1. The molecule has 0 aliphatic carbocycles. The first-order valence-electron chi connectivity index (χ1n) is 12.0. The van der Waals surface area contributed by atoms with Gasteiger partial charge in [0.25, 0.3) is 0 Å². The molecule has 0 unspecified atom stereocenters. The van der Waals surface area contributed by atoms with Gasteiger partial charge >= 0.3 is 12.0 Å². The fourth-order valence-corrected chi connectivity index (χ4v) is 4.49. The highest BCUT2D eigenvalue weighted by Gasteiger charge is 2.34. The molecule has 0 spiro atoms. The number of aliphatic carboxylic acids is 1. The van der Waals surface area contributed by atoms with E-state index >= 15 is 0 Å². The number of rotatable bonds is 9. The van der Waals surface area contributed by atoms with Crippen molar-refractivity contribution < 1.29 is 19.4 Å². The van der Waals surface area contributed by atoms with E-state index in [1.165, 1.54) is 5.56 Å². The van der Waals surface area contributed by atoms with Crippen LogP contribution >= 0.6 is 0 Å². The molecule has 1 saturated heterocycles. The van der Waals surface area contributed by atoms with Crippen molar-refractivity contribution in [2.75, 3.05) is 13.6 Å². The number of carbonyl (C=O) groups is 2. The van der Waals surface area contributed by atoms with Crippen LogP contribution in [0, 0.1) is 6.92 Å². The number of hydrogen-bond donors (Lipinski definition) is 1. The molecule has 2 aromatic carbocycles. The molecule has 1 aliphatic heterocycles. The van der Waals surface area contributed by atoms with Crippen LogP contribution in [-0.4, -0.2) is 57.1 Å². The summed E-state index contributed by atoms with van der Waals surface area (Å²) in [5.41, 5.74) is 2.65. The van der Waals surface area contributed by atoms with Crippen molar-refractivity contribution in [2.24, 2.45) is 0 Å². The van der Waals surface area contributed by atoms with Crippen molar-refractivity contribution in [3.05, 3.63) is 71.4 Å². The summed E-state index contributed by atoms with van der Waals surface area (Å²) in [5.74, 6) is -0.415. The van der Waals surface area contributed by atoms with Crippen LogP contribution in [0.25, 0.3) is 10.9 Å². The Labute approximate surface area is 206 Å². The maximum atomic E-state index is 12.8. The second-order valence-electron chi connectivity index (χ2n) is 9.83. The van der Waals surface area contributed by atoms with Gasteiger partial charge in [0.05, 0.1) is 23.8 Å². The number of fused-ring (bicyclic) bond motifs is 1. The lowest BCUT2D eigenvalue weighted by atomic mass is 10.0. The Morgan fingerprint density at radius 1 is 1.17 bits per heavy atom. The second-order valence-corrected chi connectivity index (χ2v) is 9.83. The van der Waals surface area contributed by atoms with Crippen LogP contribution in [0.2, 0.25) is 0 Å². The van der Waals surface area contributed by atoms with Gasteiger partial charge in [-0.1, -0.05) is 36.4 Å². The zero-order chi connectivity index (χ0) is 25.2. The fraction of sp³-hybridized carbons (Fsp3) is 0.393. The lowest BCUT2D eigenvalue weighted by Crippen LogP contribution is -2.38. The molecule has 1 aromatic heterocycles. The van der Waals surface area contributed by atoms with Crippen molar-refractivity contribution in [1.82, 2.24) is 14.8 Å². The first-order chi connectivity index (χ1) is 16.6. The number of carbonyl (C=O) groups excluding carboxylic acids is 1. The maximum Gasteiger partial charge on any atom is 0.347 e. The third kappa shape index (κ3) is 5.56. The summed E-state index contributed by atoms with van der Waals surface area (Å²) in [7, 11) is 1.88. The molecule has 1 atom stereocenters.